The number of phosphoric ester groups is 1. The van der Waals surface area contributed by atoms with Crippen molar-refractivity contribution in [3.8, 4) is 0 Å². The lowest BCUT2D eigenvalue weighted by Gasteiger charge is -2.28. The maximum absolute atomic E-state index is 12.6. The first-order valence-corrected chi connectivity index (χ1v) is 22.6. The standard InChI is InChI=1S/C42H82NO7P/c1-6-8-10-12-14-16-18-19-20-21-22-23-24-26-28-30-32-34-37-47-39-41(40-49-51(45,46)48-38-36-43(3,4)5)50-42(44)35-33-31-29-27-25-17-15-13-11-9-7-2/h13,15,34,37,41H,6-12,14,16-33,35-36,38-40H2,1-5H3/b15-13+,37-34+/t41-/m0/s1. The molecule has 0 aliphatic rings. The predicted molar refractivity (Wildman–Crippen MR) is 213 cm³/mol. The van der Waals surface area contributed by atoms with Crippen LogP contribution in [0, 0.1) is 0 Å². The summed E-state index contributed by atoms with van der Waals surface area (Å²) in [5, 5.41) is 0. The van der Waals surface area contributed by atoms with Crippen molar-refractivity contribution in [3.05, 3.63) is 24.5 Å². The van der Waals surface area contributed by atoms with Gasteiger partial charge in [0.05, 0.1) is 34.0 Å². The molecule has 0 saturated heterocycles. The molecule has 0 bridgehead atoms. The van der Waals surface area contributed by atoms with Crippen LogP contribution in [0.1, 0.15) is 187 Å². The third-order valence-electron chi connectivity index (χ3n) is 9.07. The Bertz CT molecular complexity index is 874. The van der Waals surface area contributed by atoms with Crippen molar-refractivity contribution in [1.29, 1.82) is 0 Å². The monoisotopic (exact) mass is 744 g/mol. The molecule has 0 heterocycles. The van der Waals surface area contributed by atoms with Gasteiger partial charge >= 0.3 is 5.97 Å². The minimum absolute atomic E-state index is 0.0163. The number of nitrogens with zero attached hydrogens (tertiary/aromatic N) is 1. The van der Waals surface area contributed by atoms with Gasteiger partial charge in [0.2, 0.25) is 0 Å². The maximum Gasteiger partial charge on any atom is 0.306 e. The second kappa shape index (κ2) is 35.8. The van der Waals surface area contributed by atoms with E-state index in [2.05, 4.69) is 26.0 Å². The lowest BCUT2D eigenvalue weighted by molar-refractivity contribution is -0.870. The average Bonchev–Trinajstić information content (AvgIpc) is 3.08. The Morgan fingerprint density at radius 2 is 1.06 bits per heavy atom. The van der Waals surface area contributed by atoms with Crippen LogP contribution in [0.25, 0.3) is 0 Å². The Kier molecular flexibility index (Phi) is 35.0. The summed E-state index contributed by atoms with van der Waals surface area (Å²) >= 11 is 0. The van der Waals surface area contributed by atoms with E-state index in [0.29, 0.717) is 11.0 Å². The van der Waals surface area contributed by atoms with Gasteiger partial charge in [-0.15, -0.1) is 0 Å². The molecule has 0 spiro atoms. The Hall–Kier alpha value is -1.18. The lowest BCUT2D eigenvalue weighted by atomic mass is 10.0. The molecule has 0 rings (SSSR count). The highest BCUT2D eigenvalue weighted by Crippen LogP contribution is 2.38. The predicted octanol–water partition coefficient (Wildman–Crippen LogP) is 11.8. The normalized spacial score (nSPS) is 14.0. The molecule has 0 aliphatic carbocycles. The van der Waals surface area contributed by atoms with Gasteiger partial charge in [-0.1, -0.05) is 154 Å². The third kappa shape index (κ3) is 39.9. The fraction of sp³-hybridized carbons (Fsp3) is 0.881. The number of likely N-dealkylation sites (N-methyl/N-ethyl adjacent to an activating group) is 1. The summed E-state index contributed by atoms with van der Waals surface area (Å²) in [6, 6.07) is 0. The van der Waals surface area contributed by atoms with Gasteiger partial charge in [-0.25, -0.2) is 0 Å². The zero-order valence-corrected chi connectivity index (χ0v) is 35.0. The number of hydrogen-bond acceptors (Lipinski definition) is 7. The number of rotatable bonds is 39. The maximum atomic E-state index is 12.6. The molecule has 1 unspecified atom stereocenters. The van der Waals surface area contributed by atoms with Crippen molar-refractivity contribution in [2.75, 3.05) is 47.5 Å². The molecule has 0 amide bonds. The summed E-state index contributed by atoms with van der Waals surface area (Å²) in [4.78, 5) is 24.9. The molecule has 0 aromatic carbocycles. The third-order valence-corrected chi connectivity index (χ3v) is 10.0. The molecule has 0 radical (unpaired) electrons. The van der Waals surface area contributed by atoms with Crippen LogP contribution in [-0.2, 0) is 27.9 Å². The van der Waals surface area contributed by atoms with Gasteiger partial charge < -0.3 is 27.9 Å². The summed E-state index contributed by atoms with van der Waals surface area (Å²) in [7, 11) is 1.32. The molecule has 0 fully saturated rings. The van der Waals surface area contributed by atoms with E-state index in [1.54, 1.807) is 6.26 Å². The minimum Gasteiger partial charge on any atom is -0.756 e. The molecule has 0 N–H and O–H groups in total. The number of carbonyl (C=O) groups is 1. The zero-order valence-electron chi connectivity index (χ0n) is 34.1. The van der Waals surface area contributed by atoms with Crippen molar-refractivity contribution >= 4 is 13.8 Å². The van der Waals surface area contributed by atoms with Crippen molar-refractivity contribution in [3.63, 3.8) is 0 Å². The van der Waals surface area contributed by atoms with Gasteiger partial charge in [0, 0.05) is 6.42 Å². The van der Waals surface area contributed by atoms with Crippen LogP contribution >= 0.6 is 7.82 Å². The van der Waals surface area contributed by atoms with E-state index in [9.17, 15) is 14.3 Å². The molecule has 9 heteroatoms. The topological polar surface area (TPSA) is 94.1 Å². The van der Waals surface area contributed by atoms with Crippen LogP contribution in [0.4, 0.5) is 0 Å². The van der Waals surface area contributed by atoms with Gasteiger partial charge in [-0.05, 0) is 44.6 Å². The first-order chi connectivity index (χ1) is 24.6. The van der Waals surface area contributed by atoms with Gasteiger partial charge in [0.1, 0.15) is 19.8 Å². The first kappa shape index (κ1) is 49.8. The second-order valence-electron chi connectivity index (χ2n) is 15.4. The van der Waals surface area contributed by atoms with E-state index in [4.69, 9.17) is 18.5 Å². The Labute approximate surface area is 315 Å². The summed E-state index contributed by atoms with van der Waals surface area (Å²) in [5.74, 6) is -0.366. The number of allylic oxidation sites excluding steroid dienone is 3. The first-order valence-electron chi connectivity index (χ1n) is 21.1. The van der Waals surface area contributed by atoms with Gasteiger partial charge in [0.15, 0.2) is 6.10 Å². The quantitative estimate of drug-likeness (QED) is 0.0154. The van der Waals surface area contributed by atoms with Gasteiger partial charge in [-0.2, -0.15) is 0 Å². The number of hydrogen-bond donors (Lipinski definition) is 0. The Morgan fingerprint density at radius 1 is 0.608 bits per heavy atom. The van der Waals surface area contributed by atoms with Gasteiger partial charge in [0.25, 0.3) is 7.82 Å². The van der Waals surface area contributed by atoms with E-state index in [-0.39, 0.29) is 32.2 Å². The number of quaternary nitrogens is 1. The van der Waals surface area contributed by atoms with Crippen molar-refractivity contribution in [2.45, 2.75) is 193 Å². The van der Waals surface area contributed by atoms with E-state index >= 15 is 0 Å². The molecule has 2 atom stereocenters. The number of carbonyl (C=O) groups excluding carboxylic acids is 1. The van der Waals surface area contributed by atoms with E-state index in [0.717, 1.165) is 44.9 Å². The molecule has 0 aliphatic heterocycles. The summed E-state index contributed by atoms with van der Waals surface area (Å²) in [6.07, 6.45) is 40.0. The van der Waals surface area contributed by atoms with Crippen LogP contribution < -0.4 is 4.89 Å². The number of unbranched alkanes of at least 4 members (excludes halogenated alkanes) is 23. The van der Waals surface area contributed by atoms with Crippen LogP contribution in [0.5, 0.6) is 0 Å². The van der Waals surface area contributed by atoms with Crippen LogP contribution in [-0.4, -0.2) is 64.1 Å². The lowest BCUT2D eigenvalue weighted by Crippen LogP contribution is -2.37. The van der Waals surface area contributed by atoms with Crippen molar-refractivity contribution in [1.82, 2.24) is 0 Å². The fourth-order valence-corrected chi connectivity index (χ4v) is 6.46. The van der Waals surface area contributed by atoms with Crippen molar-refractivity contribution < 1.29 is 37.3 Å². The largest absolute Gasteiger partial charge is 0.756 e. The molecule has 51 heavy (non-hydrogen) atoms. The average molecular weight is 744 g/mol. The second-order valence-corrected chi connectivity index (χ2v) is 16.8. The van der Waals surface area contributed by atoms with Crippen molar-refractivity contribution in [2.24, 2.45) is 0 Å². The summed E-state index contributed by atoms with van der Waals surface area (Å²) in [6.45, 7) is 4.70. The number of ether oxygens (including phenoxy) is 2. The fourth-order valence-electron chi connectivity index (χ4n) is 5.73. The number of phosphoric acid groups is 1. The molecule has 8 nitrogen and oxygen atoms in total. The molecular formula is C42H82NO7P. The molecule has 0 aromatic heterocycles. The Balaban J connectivity index is 4.25. The smallest absolute Gasteiger partial charge is 0.306 e. The van der Waals surface area contributed by atoms with Crippen LogP contribution in [0.15, 0.2) is 24.5 Å². The minimum atomic E-state index is -4.53. The van der Waals surface area contributed by atoms with Crippen LogP contribution in [0.3, 0.4) is 0 Å². The zero-order chi connectivity index (χ0) is 37.7. The van der Waals surface area contributed by atoms with E-state index < -0.39 is 13.9 Å². The van der Waals surface area contributed by atoms with E-state index in [1.165, 1.54) is 122 Å². The molecule has 0 aromatic rings. The van der Waals surface area contributed by atoms with E-state index in [1.807, 2.05) is 27.2 Å². The SMILES string of the molecule is CCCC/C=C/CCCCCCCC(=O)O[C@@H](CO/C=C/CCCCCCCCCCCCCCCCCC)COP(=O)([O-])OCC[N+](C)(C)C. The van der Waals surface area contributed by atoms with Gasteiger partial charge in [-0.3, -0.25) is 9.36 Å². The Morgan fingerprint density at radius 3 is 1.57 bits per heavy atom. The molecule has 0 saturated carbocycles. The highest BCUT2D eigenvalue weighted by Gasteiger charge is 2.20. The summed E-state index contributed by atoms with van der Waals surface area (Å²) < 4.78 is 34.2. The highest BCUT2D eigenvalue weighted by molar-refractivity contribution is 7.45. The number of esters is 1. The molecular weight excluding hydrogens is 661 g/mol. The summed E-state index contributed by atoms with van der Waals surface area (Å²) in [5.41, 5.74) is 0. The molecule has 302 valence electrons. The highest BCUT2D eigenvalue weighted by atomic mass is 31.2. The van der Waals surface area contributed by atoms with Crippen LogP contribution in [0.2, 0.25) is 0 Å².